The smallest absolute Gasteiger partial charge is 0.136 e. The van der Waals surface area contributed by atoms with Gasteiger partial charge in [0.05, 0.1) is 5.69 Å². The van der Waals surface area contributed by atoms with Gasteiger partial charge in [-0.25, -0.2) is 0 Å². The van der Waals surface area contributed by atoms with Crippen molar-refractivity contribution in [1.29, 1.82) is 0 Å². The largest absolute Gasteiger partial charge is 0.457 e. The van der Waals surface area contributed by atoms with Gasteiger partial charge in [0.15, 0.2) is 0 Å². The molecule has 3 heteroatoms. The van der Waals surface area contributed by atoms with Crippen LogP contribution in [0.1, 0.15) is 43.7 Å². The summed E-state index contributed by atoms with van der Waals surface area (Å²) >= 11 is 0. The average Bonchev–Trinajstić information content (AvgIpc) is 3.16. The molecule has 3 nitrogen and oxygen atoms in total. The number of para-hydroxylation sites is 2. The van der Waals surface area contributed by atoms with Crippen molar-refractivity contribution in [3.8, 4) is 22.8 Å². The van der Waals surface area contributed by atoms with Crippen LogP contribution < -0.4 is 10.5 Å². The van der Waals surface area contributed by atoms with Crippen molar-refractivity contribution in [2.24, 2.45) is 5.73 Å². The van der Waals surface area contributed by atoms with Gasteiger partial charge in [0, 0.05) is 16.5 Å². The third-order valence-electron chi connectivity index (χ3n) is 5.80. The van der Waals surface area contributed by atoms with E-state index < -0.39 is 0 Å². The molecule has 31 heavy (non-hydrogen) atoms. The first-order valence-corrected chi connectivity index (χ1v) is 11.5. The zero-order valence-electron chi connectivity index (χ0n) is 18.4. The molecule has 0 fully saturated rings. The van der Waals surface area contributed by atoms with Crippen molar-refractivity contribution in [3.63, 3.8) is 0 Å². The van der Waals surface area contributed by atoms with Crippen LogP contribution in [0.25, 0.3) is 22.2 Å². The molecule has 1 heterocycles. The number of hydrogen-bond acceptors (Lipinski definition) is 2. The number of aromatic amines is 1. The van der Waals surface area contributed by atoms with Crippen molar-refractivity contribution < 1.29 is 4.74 Å². The molecule has 0 saturated carbocycles. The van der Waals surface area contributed by atoms with Crippen molar-refractivity contribution in [2.75, 3.05) is 6.54 Å². The van der Waals surface area contributed by atoms with Crippen molar-refractivity contribution in [3.05, 3.63) is 83.9 Å². The number of aryl methyl sites for hydroxylation is 2. The molecular weight excluding hydrogens is 380 g/mol. The van der Waals surface area contributed by atoms with Crippen LogP contribution in [0.2, 0.25) is 0 Å². The van der Waals surface area contributed by atoms with E-state index in [0.717, 1.165) is 55.0 Å². The fourth-order valence-corrected chi connectivity index (χ4v) is 4.14. The second-order valence-electron chi connectivity index (χ2n) is 8.12. The quantitative estimate of drug-likeness (QED) is 0.269. The highest BCUT2D eigenvalue weighted by Crippen LogP contribution is 2.38. The summed E-state index contributed by atoms with van der Waals surface area (Å²) in [5, 5.41) is 1.33. The number of ether oxygens (including phenoxy) is 1. The molecule has 0 spiro atoms. The van der Waals surface area contributed by atoms with E-state index >= 15 is 0 Å². The van der Waals surface area contributed by atoms with Gasteiger partial charge in [-0.1, -0.05) is 49.7 Å². The lowest BCUT2D eigenvalue weighted by Gasteiger charge is -2.12. The molecule has 0 amide bonds. The van der Waals surface area contributed by atoms with Gasteiger partial charge in [-0.3, -0.25) is 0 Å². The van der Waals surface area contributed by atoms with Gasteiger partial charge in [0.1, 0.15) is 11.5 Å². The number of nitrogens with two attached hydrogens (primary N) is 1. The maximum Gasteiger partial charge on any atom is 0.136 e. The van der Waals surface area contributed by atoms with Crippen LogP contribution in [0, 0.1) is 0 Å². The monoisotopic (exact) mass is 412 g/mol. The van der Waals surface area contributed by atoms with Gasteiger partial charge in [0.2, 0.25) is 0 Å². The van der Waals surface area contributed by atoms with E-state index in [0.29, 0.717) is 0 Å². The third-order valence-corrected chi connectivity index (χ3v) is 5.80. The lowest BCUT2D eigenvalue weighted by atomic mass is 9.98. The SMILES string of the molecule is CCCCc1ccc2[nH]c(-c3ccccc3Oc3ccccc3)c(CCCCN)c2c1. The van der Waals surface area contributed by atoms with Crippen LogP contribution in [0.15, 0.2) is 72.8 Å². The number of fused-ring (bicyclic) bond motifs is 1. The molecule has 160 valence electrons. The second kappa shape index (κ2) is 10.3. The number of unbranched alkanes of at least 4 members (excludes halogenated alkanes) is 2. The highest BCUT2D eigenvalue weighted by atomic mass is 16.5. The topological polar surface area (TPSA) is 51.0 Å². The van der Waals surface area contributed by atoms with Crippen LogP contribution >= 0.6 is 0 Å². The summed E-state index contributed by atoms with van der Waals surface area (Å²) in [6.45, 7) is 2.97. The second-order valence-corrected chi connectivity index (χ2v) is 8.12. The average molecular weight is 413 g/mol. The predicted octanol–water partition coefficient (Wildman–Crippen LogP) is 7.25. The van der Waals surface area contributed by atoms with Gasteiger partial charge < -0.3 is 15.5 Å². The Bertz CT molecular complexity index is 1110. The fourth-order valence-electron chi connectivity index (χ4n) is 4.14. The molecule has 1 aromatic heterocycles. The normalized spacial score (nSPS) is 11.2. The third kappa shape index (κ3) is 5.00. The Hall–Kier alpha value is -3.04. The van der Waals surface area contributed by atoms with Crippen LogP contribution in [-0.4, -0.2) is 11.5 Å². The van der Waals surface area contributed by atoms with E-state index in [2.05, 4.69) is 42.2 Å². The molecule has 0 atom stereocenters. The Balaban J connectivity index is 1.78. The molecule has 0 aliphatic heterocycles. The first-order chi connectivity index (χ1) is 15.3. The number of nitrogens with one attached hydrogen (secondary N) is 1. The highest BCUT2D eigenvalue weighted by molar-refractivity contribution is 5.92. The zero-order valence-corrected chi connectivity index (χ0v) is 18.4. The summed E-state index contributed by atoms with van der Waals surface area (Å²) in [6.07, 6.45) is 6.68. The standard InChI is InChI=1S/C28H32N2O/c1-2-3-11-21-17-18-26-25(20-21)23(14-9-10-19-29)28(30-26)24-15-7-8-16-27(24)31-22-12-5-4-6-13-22/h4-8,12-13,15-18,20,30H,2-3,9-11,14,19,29H2,1H3. The maximum absolute atomic E-state index is 6.28. The molecule has 4 aromatic rings. The molecule has 3 aromatic carbocycles. The maximum atomic E-state index is 6.28. The van der Waals surface area contributed by atoms with E-state index in [1.807, 2.05) is 42.5 Å². The molecule has 0 aliphatic carbocycles. The van der Waals surface area contributed by atoms with Crippen LogP contribution in [0.3, 0.4) is 0 Å². The van der Waals surface area contributed by atoms with Crippen LogP contribution in [-0.2, 0) is 12.8 Å². The highest BCUT2D eigenvalue weighted by Gasteiger charge is 2.17. The van der Waals surface area contributed by atoms with Gasteiger partial charge in [-0.2, -0.15) is 0 Å². The lowest BCUT2D eigenvalue weighted by Crippen LogP contribution is -1.99. The Morgan fingerprint density at radius 3 is 2.45 bits per heavy atom. The summed E-state index contributed by atoms with van der Waals surface area (Å²) in [7, 11) is 0. The van der Waals surface area contributed by atoms with Crippen LogP contribution in [0.4, 0.5) is 0 Å². The van der Waals surface area contributed by atoms with Gasteiger partial charge in [-0.15, -0.1) is 0 Å². The van der Waals surface area contributed by atoms with Crippen molar-refractivity contribution >= 4 is 10.9 Å². The summed E-state index contributed by atoms with van der Waals surface area (Å²) in [4.78, 5) is 3.71. The Kier molecular flexibility index (Phi) is 7.06. The fraction of sp³-hybridized carbons (Fsp3) is 0.286. The molecule has 4 rings (SSSR count). The van der Waals surface area contributed by atoms with Gasteiger partial charge >= 0.3 is 0 Å². The molecular formula is C28H32N2O. The summed E-state index contributed by atoms with van der Waals surface area (Å²) in [6, 6.07) is 25.1. The number of H-pyrrole nitrogens is 1. The minimum atomic E-state index is 0.729. The van der Waals surface area contributed by atoms with Gasteiger partial charge in [0.25, 0.3) is 0 Å². The molecule has 0 bridgehead atoms. The first kappa shape index (κ1) is 21.2. The minimum absolute atomic E-state index is 0.729. The molecule has 3 N–H and O–H groups in total. The lowest BCUT2D eigenvalue weighted by molar-refractivity contribution is 0.484. The molecule has 0 aliphatic rings. The molecule has 0 unspecified atom stereocenters. The number of hydrogen-bond donors (Lipinski definition) is 2. The van der Waals surface area contributed by atoms with Crippen LogP contribution in [0.5, 0.6) is 11.5 Å². The van der Waals surface area contributed by atoms with Gasteiger partial charge in [-0.05, 0) is 86.2 Å². The molecule has 0 radical (unpaired) electrons. The Morgan fingerprint density at radius 1 is 0.839 bits per heavy atom. The predicted molar refractivity (Wildman–Crippen MR) is 131 cm³/mol. The van der Waals surface area contributed by atoms with E-state index in [-0.39, 0.29) is 0 Å². The van der Waals surface area contributed by atoms with Crippen molar-refractivity contribution in [1.82, 2.24) is 4.98 Å². The first-order valence-electron chi connectivity index (χ1n) is 11.5. The van der Waals surface area contributed by atoms with E-state index in [1.165, 1.54) is 34.9 Å². The Morgan fingerprint density at radius 2 is 1.65 bits per heavy atom. The number of rotatable bonds is 10. The zero-order chi connectivity index (χ0) is 21.5. The number of aromatic nitrogens is 1. The van der Waals surface area contributed by atoms with E-state index in [4.69, 9.17) is 10.5 Å². The Labute approximate surface area is 185 Å². The summed E-state index contributed by atoms with van der Waals surface area (Å²) in [5.41, 5.74) is 12.0. The van der Waals surface area contributed by atoms with E-state index in [1.54, 1.807) is 0 Å². The number of benzene rings is 3. The summed E-state index contributed by atoms with van der Waals surface area (Å²) in [5.74, 6) is 1.71. The summed E-state index contributed by atoms with van der Waals surface area (Å²) < 4.78 is 6.28. The van der Waals surface area contributed by atoms with E-state index in [9.17, 15) is 0 Å². The van der Waals surface area contributed by atoms with Crippen molar-refractivity contribution in [2.45, 2.75) is 45.4 Å². The minimum Gasteiger partial charge on any atom is -0.457 e. The molecule has 0 saturated heterocycles.